The van der Waals surface area contributed by atoms with Crippen LogP contribution in [0.3, 0.4) is 0 Å². The molecule has 1 heterocycles. The second-order valence-electron chi connectivity index (χ2n) is 7.97. The molecule has 0 bridgehead atoms. The summed E-state index contributed by atoms with van der Waals surface area (Å²) in [5.74, 6) is 2.33. The Labute approximate surface area is 181 Å². The number of nitrogens with one attached hydrogen (secondary N) is 2. The Morgan fingerprint density at radius 3 is 2.63 bits per heavy atom. The second kappa shape index (κ2) is 12.6. The highest BCUT2D eigenvalue weighted by Gasteiger charge is 2.19. The molecule has 2 N–H and O–H groups in total. The normalized spacial score (nSPS) is 16.1. The lowest BCUT2D eigenvalue weighted by Crippen LogP contribution is -2.38. The minimum atomic E-state index is -0.0317. The van der Waals surface area contributed by atoms with E-state index >= 15 is 0 Å². The molecule has 0 radical (unpaired) electrons. The van der Waals surface area contributed by atoms with Gasteiger partial charge in [-0.15, -0.1) is 24.0 Å². The Kier molecular flexibility index (Phi) is 11.3. The van der Waals surface area contributed by atoms with Crippen molar-refractivity contribution in [3.63, 3.8) is 0 Å². The van der Waals surface area contributed by atoms with Crippen LogP contribution in [0.15, 0.2) is 15.6 Å². The van der Waals surface area contributed by atoms with Crippen molar-refractivity contribution in [2.75, 3.05) is 19.7 Å². The summed E-state index contributed by atoms with van der Waals surface area (Å²) in [6.07, 6.45) is 9.71. The molecule has 1 fully saturated rings. The highest BCUT2D eigenvalue weighted by molar-refractivity contribution is 14.0. The van der Waals surface area contributed by atoms with E-state index in [0.717, 1.165) is 37.8 Å². The monoisotopic (exact) mass is 492 g/mol. The number of guanidine groups is 1. The van der Waals surface area contributed by atoms with E-state index in [-0.39, 0.29) is 29.4 Å². The summed E-state index contributed by atoms with van der Waals surface area (Å²) in [5, 5.41) is 6.61. The zero-order valence-electron chi connectivity index (χ0n) is 17.3. The highest BCUT2D eigenvalue weighted by atomic mass is 127. The maximum atomic E-state index is 5.96. The van der Waals surface area contributed by atoms with Crippen LogP contribution in [0.4, 0.5) is 0 Å². The molecule has 0 amide bonds. The van der Waals surface area contributed by atoms with E-state index in [4.69, 9.17) is 9.15 Å². The number of rotatable bonds is 8. The van der Waals surface area contributed by atoms with Crippen molar-refractivity contribution < 1.29 is 9.15 Å². The molecule has 6 nitrogen and oxygen atoms in total. The van der Waals surface area contributed by atoms with Gasteiger partial charge in [0.15, 0.2) is 5.96 Å². The average molecular weight is 492 g/mol. The van der Waals surface area contributed by atoms with Crippen LogP contribution >= 0.6 is 24.0 Å². The molecule has 0 saturated heterocycles. The van der Waals surface area contributed by atoms with Crippen LogP contribution in [0.5, 0.6) is 0 Å². The molecule has 0 atom stereocenters. The highest BCUT2D eigenvalue weighted by Crippen LogP contribution is 2.23. The molecule has 0 unspecified atom stereocenters. The topological polar surface area (TPSA) is 71.7 Å². The lowest BCUT2D eigenvalue weighted by molar-refractivity contribution is 0.0277. The van der Waals surface area contributed by atoms with E-state index in [9.17, 15) is 0 Å². The van der Waals surface area contributed by atoms with Crippen molar-refractivity contribution in [1.29, 1.82) is 0 Å². The van der Waals surface area contributed by atoms with E-state index in [1.165, 1.54) is 32.1 Å². The summed E-state index contributed by atoms with van der Waals surface area (Å²) in [4.78, 5) is 8.89. The molecule has 1 aromatic heterocycles. The molecule has 1 aliphatic rings. The predicted molar refractivity (Wildman–Crippen MR) is 121 cm³/mol. The third-order valence-electron chi connectivity index (χ3n) is 4.53. The fourth-order valence-corrected chi connectivity index (χ4v) is 2.98. The molecular weight excluding hydrogens is 455 g/mol. The Bertz CT molecular complexity index is 548. The Morgan fingerprint density at radius 2 is 2.00 bits per heavy atom. The van der Waals surface area contributed by atoms with Gasteiger partial charge in [0.25, 0.3) is 0 Å². The smallest absolute Gasteiger partial charge is 0.216 e. The van der Waals surface area contributed by atoms with Crippen LogP contribution in [-0.2, 0) is 16.7 Å². The minimum absolute atomic E-state index is 0. The summed E-state index contributed by atoms with van der Waals surface area (Å²) in [6.45, 7) is 11.3. The second-order valence-corrected chi connectivity index (χ2v) is 7.97. The zero-order chi connectivity index (χ0) is 18.8. The molecule has 1 aromatic rings. The van der Waals surface area contributed by atoms with E-state index in [2.05, 4.69) is 48.3 Å². The van der Waals surface area contributed by atoms with E-state index in [0.29, 0.717) is 18.5 Å². The van der Waals surface area contributed by atoms with Crippen LogP contribution in [0.25, 0.3) is 0 Å². The van der Waals surface area contributed by atoms with Gasteiger partial charge in [-0.05, 0) is 26.2 Å². The first-order chi connectivity index (χ1) is 12.5. The number of hydrogen-bond acceptors (Lipinski definition) is 4. The quantitative estimate of drug-likeness (QED) is 0.244. The Balaban J connectivity index is 0.00000364. The van der Waals surface area contributed by atoms with Crippen molar-refractivity contribution >= 4 is 29.9 Å². The summed E-state index contributed by atoms with van der Waals surface area (Å²) in [5.41, 5.74) is -0.0317. The first kappa shape index (κ1) is 24.2. The van der Waals surface area contributed by atoms with Gasteiger partial charge in [-0.25, -0.2) is 9.98 Å². The molecule has 1 saturated carbocycles. The van der Waals surface area contributed by atoms with E-state index < -0.39 is 0 Å². The summed E-state index contributed by atoms with van der Waals surface area (Å²) < 4.78 is 11.8. The summed E-state index contributed by atoms with van der Waals surface area (Å²) in [6, 6.07) is 0. The van der Waals surface area contributed by atoms with Crippen LogP contribution in [0, 0.1) is 0 Å². The fraction of sp³-hybridized carbons (Fsp3) is 0.800. The number of halogens is 1. The number of aliphatic imine (C=N–C) groups is 1. The van der Waals surface area contributed by atoms with Gasteiger partial charge in [0.05, 0.1) is 12.3 Å². The van der Waals surface area contributed by atoms with Crippen LogP contribution in [0.2, 0.25) is 0 Å². The Morgan fingerprint density at radius 1 is 1.26 bits per heavy atom. The number of oxazole rings is 1. The minimum Gasteiger partial charge on any atom is -0.443 e. The van der Waals surface area contributed by atoms with Crippen molar-refractivity contribution in [1.82, 2.24) is 15.6 Å². The predicted octanol–water partition coefficient (Wildman–Crippen LogP) is 4.38. The third kappa shape index (κ3) is 9.27. The molecule has 156 valence electrons. The third-order valence-corrected chi connectivity index (χ3v) is 4.53. The van der Waals surface area contributed by atoms with Gasteiger partial charge in [0.2, 0.25) is 5.89 Å². The van der Waals surface area contributed by atoms with Crippen LogP contribution in [-0.4, -0.2) is 36.7 Å². The van der Waals surface area contributed by atoms with Crippen molar-refractivity contribution in [2.24, 2.45) is 4.99 Å². The number of nitrogens with zero attached hydrogens (tertiary/aromatic N) is 2. The largest absolute Gasteiger partial charge is 0.443 e. The lowest BCUT2D eigenvalue weighted by atomic mass is 9.94. The Hall–Kier alpha value is -0.830. The number of ether oxygens (including phenoxy) is 1. The van der Waals surface area contributed by atoms with Crippen LogP contribution in [0.1, 0.15) is 77.9 Å². The maximum Gasteiger partial charge on any atom is 0.216 e. The van der Waals surface area contributed by atoms with Crippen molar-refractivity contribution in [2.45, 2.75) is 84.3 Å². The number of hydrogen-bond donors (Lipinski definition) is 2. The molecule has 1 aliphatic carbocycles. The fourth-order valence-electron chi connectivity index (χ4n) is 2.98. The van der Waals surface area contributed by atoms with E-state index in [1.807, 2.05) is 0 Å². The zero-order valence-corrected chi connectivity index (χ0v) is 19.7. The number of aromatic nitrogens is 1. The van der Waals surface area contributed by atoms with Crippen molar-refractivity contribution in [3.05, 3.63) is 17.8 Å². The standard InChI is InChI=1S/C20H36N4O2.HI/c1-5-21-19(22-12-9-13-25-16-10-7-6-8-11-16)24-15-18-23-14-17(26-18)20(2,3)4;/h14,16H,5-13,15H2,1-4H3,(H2,21,22,24);1H. The molecule has 7 heteroatoms. The molecule has 2 rings (SSSR count). The summed E-state index contributed by atoms with van der Waals surface area (Å²) in [7, 11) is 0. The lowest BCUT2D eigenvalue weighted by Gasteiger charge is -2.22. The van der Waals surface area contributed by atoms with Gasteiger partial charge in [-0.2, -0.15) is 0 Å². The maximum absolute atomic E-state index is 5.96. The van der Waals surface area contributed by atoms with Crippen molar-refractivity contribution in [3.8, 4) is 0 Å². The van der Waals surface area contributed by atoms with Gasteiger partial charge < -0.3 is 19.8 Å². The SMILES string of the molecule is CCNC(=NCc1ncc(C(C)(C)C)o1)NCCCOC1CCCCC1.I. The average Bonchev–Trinajstić information content (AvgIpc) is 3.09. The molecule has 27 heavy (non-hydrogen) atoms. The van der Waals surface area contributed by atoms with Gasteiger partial charge in [-0.3, -0.25) is 0 Å². The van der Waals surface area contributed by atoms with E-state index in [1.54, 1.807) is 6.20 Å². The van der Waals surface area contributed by atoms with Crippen LogP contribution < -0.4 is 10.6 Å². The first-order valence-electron chi connectivity index (χ1n) is 10.1. The summed E-state index contributed by atoms with van der Waals surface area (Å²) >= 11 is 0. The molecule has 0 aliphatic heterocycles. The first-order valence-corrected chi connectivity index (χ1v) is 10.1. The van der Waals surface area contributed by atoms with Gasteiger partial charge >= 0.3 is 0 Å². The van der Waals surface area contributed by atoms with Gasteiger partial charge in [0, 0.05) is 25.1 Å². The molecule has 0 spiro atoms. The van der Waals surface area contributed by atoms with Gasteiger partial charge in [0.1, 0.15) is 12.3 Å². The molecular formula is C20H37IN4O2. The molecule has 0 aromatic carbocycles. The van der Waals surface area contributed by atoms with Gasteiger partial charge in [-0.1, -0.05) is 40.0 Å².